The number of alkyl halides is 3. The Kier molecular flexibility index (Phi) is 6.22. The van der Waals surface area contributed by atoms with Crippen LogP contribution in [0.4, 0.5) is 13.2 Å². The highest BCUT2D eigenvalue weighted by Gasteiger charge is 2.45. The van der Waals surface area contributed by atoms with Crippen LogP contribution >= 0.6 is 22.9 Å². The first-order valence-electron chi connectivity index (χ1n) is 9.66. The molecule has 0 saturated carbocycles. The number of rotatable bonds is 4. The van der Waals surface area contributed by atoms with Crippen molar-refractivity contribution in [2.24, 2.45) is 4.99 Å². The molecule has 1 aliphatic rings. The van der Waals surface area contributed by atoms with Gasteiger partial charge in [0.15, 0.2) is 10.5 Å². The number of thiazole rings is 1. The summed E-state index contributed by atoms with van der Waals surface area (Å²) in [6.07, 6.45) is -0.372. The molecule has 0 spiro atoms. The lowest BCUT2D eigenvalue weighted by atomic mass is 9.95. The molecule has 0 bridgehead atoms. The van der Waals surface area contributed by atoms with Gasteiger partial charge in [0, 0.05) is 17.4 Å². The van der Waals surface area contributed by atoms with Crippen molar-refractivity contribution < 1.29 is 22.7 Å². The number of esters is 1. The zero-order valence-electron chi connectivity index (χ0n) is 17.0. The fraction of sp³-hybridized carbons (Fsp3) is 0.182. The van der Waals surface area contributed by atoms with E-state index in [0.29, 0.717) is 10.6 Å². The average Bonchev–Trinajstić information content (AvgIpc) is 3.08. The van der Waals surface area contributed by atoms with Crippen LogP contribution in [0, 0.1) is 0 Å². The van der Waals surface area contributed by atoms with Crippen molar-refractivity contribution in [3.8, 4) is 0 Å². The highest BCUT2D eigenvalue weighted by atomic mass is 35.5. The first-order chi connectivity index (χ1) is 15.7. The van der Waals surface area contributed by atoms with Crippen LogP contribution in [0.15, 0.2) is 69.8 Å². The number of allylic oxidation sites excluding steroid dienone is 1. The van der Waals surface area contributed by atoms with E-state index in [9.17, 15) is 22.8 Å². The van der Waals surface area contributed by atoms with Gasteiger partial charge < -0.3 is 4.74 Å². The molecule has 0 unspecified atom stereocenters. The predicted octanol–water partition coefficient (Wildman–Crippen LogP) is 3.39. The summed E-state index contributed by atoms with van der Waals surface area (Å²) in [4.78, 5) is 33.5. The number of carbonyl (C=O) groups excluding carboxylic acids is 1. The molecule has 3 aromatic rings. The molecule has 0 saturated heterocycles. The monoisotopic (exact) mass is 493 g/mol. The standard InChI is InChI=1S/C22H15ClF3N3O3S/c1-2-32-20(31)16-17(13-5-7-14(23)8-6-13)29-19(30)15(10-12-4-3-9-27-11-12)33-21(29)28-18(16)22(24,25)26/h3-11,17H,2H2,1H3/b15-10-/t17-/m1/s1. The predicted molar refractivity (Wildman–Crippen MR) is 116 cm³/mol. The van der Waals surface area contributed by atoms with Crippen molar-refractivity contribution in [2.75, 3.05) is 6.61 Å². The van der Waals surface area contributed by atoms with Gasteiger partial charge in [0.05, 0.1) is 22.8 Å². The summed E-state index contributed by atoms with van der Waals surface area (Å²) in [6, 6.07) is 7.84. The summed E-state index contributed by atoms with van der Waals surface area (Å²) < 4.78 is 48.2. The molecule has 1 aliphatic heterocycles. The summed E-state index contributed by atoms with van der Waals surface area (Å²) >= 11 is 6.74. The van der Waals surface area contributed by atoms with Crippen LogP contribution in [0.1, 0.15) is 24.1 Å². The SMILES string of the molecule is CCOC(=O)C1=C(C(F)(F)F)N=c2s/c(=C\c3cccnc3)c(=O)n2[C@@H]1c1ccc(Cl)cc1. The minimum Gasteiger partial charge on any atom is -0.463 e. The van der Waals surface area contributed by atoms with Crippen molar-refractivity contribution in [2.45, 2.75) is 19.1 Å². The van der Waals surface area contributed by atoms with Crippen molar-refractivity contribution in [1.29, 1.82) is 0 Å². The fourth-order valence-electron chi connectivity index (χ4n) is 3.41. The van der Waals surface area contributed by atoms with Crippen molar-refractivity contribution in [1.82, 2.24) is 9.55 Å². The van der Waals surface area contributed by atoms with Gasteiger partial charge in [0.25, 0.3) is 5.56 Å². The van der Waals surface area contributed by atoms with Gasteiger partial charge in [-0.3, -0.25) is 14.3 Å². The summed E-state index contributed by atoms with van der Waals surface area (Å²) in [5, 5.41) is 0.348. The molecular weight excluding hydrogens is 479 g/mol. The molecular formula is C22H15ClF3N3O3S. The van der Waals surface area contributed by atoms with E-state index in [2.05, 4.69) is 9.98 Å². The second kappa shape index (κ2) is 8.95. The van der Waals surface area contributed by atoms with Gasteiger partial charge in [0.1, 0.15) is 0 Å². The van der Waals surface area contributed by atoms with E-state index >= 15 is 0 Å². The zero-order valence-corrected chi connectivity index (χ0v) is 18.5. The Labute approximate surface area is 194 Å². The third kappa shape index (κ3) is 4.49. The smallest absolute Gasteiger partial charge is 0.434 e. The Hall–Kier alpha value is -3.24. The molecule has 0 amide bonds. The van der Waals surface area contributed by atoms with E-state index < -0.39 is 35.0 Å². The maximum atomic E-state index is 14.0. The number of carbonyl (C=O) groups is 1. The molecule has 2 aromatic heterocycles. The summed E-state index contributed by atoms with van der Waals surface area (Å²) in [5.74, 6) is -1.20. The number of benzene rings is 1. The van der Waals surface area contributed by atoms with Crippen LogP contribution in [0.3, 0.4) is 0 Å². The molecule has 1 atom stereocenters. The Balaban J connectivity index is 2.06. The third-order valence-electron chi connectivity index (χ3n) is 4.76. The highest BCUT2D eigenvalue weighted by Crippen LogP contribution is 2.38. The Morgan fingerprint density at radius 1 is 1.27 bits per heavy atom. The van der Waals surface area contributed by atoms with Crippen LogP contribution < -0.4 is 14.9 Å². The maximum Gasteiger partial charge on any atom is 0.434 e. The number of hydrogen-bond donors (Lipinski definition) is 0. The number of fused-ring (bicyclic) bond motifs is 1. The minimum absolute atomic E-state index is 0.146. The Bertz CT molecular complexity index is 1410. The Morgan fingerprint density at radius 2 is 2.00 bits per heavy atom. The number of halogens is 4. The van der Waals surface area contributed by atoms with E-state index in [4.69, 9.17) is 16.3 Å². The fourth-order valence-corrected chi connectivity index (χ4v) is 4.54. The molecule has 0 N–H and O–H groups in total. The summed E-state index contributed by atoms with van der Waals surface area (Å²) in [7, 11) is 0. The van der Waals surface area contributed by atoms with Gasteiger partial charge in [-0.25, -0.2) is 9.79 Å². The summed E-state index contributed by atoms with van der Waals surface area (Å²) in [5.41, 5.74) is -1.90. The van der Waals surface area contributed by atoms with Crippen molar-refractivity contribution in [3.63, 3.8) is 0 Å². The van der Waals surface area contributed by atoms with E-state index in [1.807, 2.05) is 0 Å². The van der Waals surface area contributed by atoms with E-state index in [0.717, 1.165) is 15.9 Å². The quantitative estimate of drug-likeness (QED) is 0.522. The van der Waals surface area contributed by atoms with Crippen LogP contribution in [0.2, 0.25) is 5.02 Å². The maximum absolute atomic E-state index is 14.0. The molecule has 11 heteroatoms. The minimum atomic E-state index is -4.95. The number of hydrogen-bond acceptors (Lipinski definition) is 6. The molecule has 4 rings (SSSR count). The molecule has 0 aliphatic carbocycles. The largest absolute Gasteiger partial charge is 0.463 e. The topological polar surface area (TPSA) is 73.6 Å². The first-order valence-corrected chi connectivity index (χ1v) is 10.9. The first kappa shape index (κ1) is 22.9. The van der Waals surface area contributed by atoms with Gasteiger partial charge in [-0.15, -0.1) is 0 Å². The van der Waals surface area contributed by atoms with Crippen LogP contribution in [-0.2, 0) is 9.53 Å². The average molecular weight is 494 g/mol. The number of aromatic nitrogens is 2. The normalized spacial score (nSPS) is 16.4. The second-order valence-corrected chi connectivity index (χ2v) is 8.35. The Morgan fingerprint density at radius 3 is 2.61 bits per heavy atom. The van der Waals surface area contributed by atoms with Crippen LogP contribution in [-0.4, -0.2) is 28.3 Å². The second-order valence-electron chi connectivity index (χ2n) is 6.90. The summed E-state index contributed by atoms with van der Waals surface area (Å²) in [6.45, 7) is 1.33. The van der Waals surface area contributed by atoms with E-state index in [1.165, 1.54) is 43.5 Å². The lowest BCUT2D eigenvalue weighted by molar-refractivity contribution is -0.140. The van der Waals surface area contributed by atoms with E-state index in [-0.39, 0.29) is 21.5 Å². The molecule has 1 aromatic carbocycles. The van der Waals surface area contributed by atoms with Gasteiger partial charge in [0.2, 0.25) is 0 Å². The number of nitrogens with zero attached hydrogens (tertiary/aromatic N) is 3. The molecule has 170 valence electrons. The molecule has 6 nitrogen and oxygen atoms in total. The lowest BCUT2D eigenvalue weighted by Gasteiger charge is -2.26. The van der Waals surface area contributed by atoms with Gasteiger partial charge >= 0.3 is 12.1 Å². The zero-order chi connectivity index (χ0) is 23.8. The number of ether oxygens (including phenoxy) is 1. The molecule has 33 heavy (non-hydrogen) atoms. The van der Waals surface area contributed by atoms with Gasteiger partial charge in [-0.05, 0) is 42.3 Å². The van der Waals surface area contributed by atoms with Crippen LogP contribution in [0.5, 0.6) is 0 Å². The molecule has 0 fully saturated rings. The highest BCUT2D eigenvalue weighted by molar-refractivity contribution is 7.07. The van der Waals surface area contributed by atoms with Gasteiger partial charge in [-0.2, -0.15) is 13.2 Å². The molecule has 3 heterocycles. The third-order valence-corrected chi connectivity index (χ3v) is 6.00. The molecule has 0 radical (unpaired) electrons. The van der Waals surface area contributed by atoms with Crippen molar-refractivity contribution >= 4 is 35.0 Å². The van der Waals surface area contributed by atoms with E-state index in [1.54, 1.807) is 18.3 Å². The van der Waals surface area contributed by atoms with Gasteiger partial charge in [-0.1, -0.05) is 41.1 Å². The lowest BCUT2D eigenvalue weighted by Crippen LogP contribution is -2.41. The van der Waals surface area contributed by atoms with Crippen molar-refractivity contribution in [3.05, 3.63) is 95.9 Å². The van der Waals surface area contributed by atoms with Crippen LogP contribution in [0.25, 0.3) is 6.08 Å². The number of pyridine rings is 1.